The van der Waals surface area contributed by atoms with Gasteiger partial charge >= 0.3 is 5.76 Å². The number of carbonyl (C=O) groups excluding carboxylic acids is 1. The summed E-state index contributed by atoms with van der Waals surface area (Å²) >= 11 is 0. The first-order valence-corrected chi connectivity index (χ1v) is 6.97. The van der Waals surface area contributed by atoms with Gasteiger partial charge < -0.3 is 9.40 Å². The molecule has 0 fully saturated rings. The molecule has 7 heteroatoms. The van der Waals surface area contributed by atoms with Crippen molar-refractivity contribution in [2.75, 3.05) is 0 Å². The summed E-state index contributed by atoms with van der Waals surface area (Å²) in [4.78, 5) is 27.2. The van der Waals surface area contributed by atoms with Gasteiger partial charge in [0.25, 0.3) is 0 Å². The van der Waals surface area contributed by atoms with E-state index in [-0.39, 0.29) is 18.2 Å². The van der Waals surface area contributed by atoms with Crippen molar-refractivity contribution in [2.24, 2.45) is 0 Å². The number of hydrogen-bond acceptors (Lipinski definition) is 4. The van der Waals surface area contributed by atoms with Gasteiger partial charge in [0.05, 0.1) is 0 Å². The van der Waals surface area contributed by atoms with Crippen LogP contribution < -0.4 is 5.76 Å². The first-order valence-electron chi connectivity index (χ1n) is 6.97. The van der Waals surface area contributed by atoms with Crippen LogP contribution in [-0.2, 0) is 6.54 Å². The van der Waals surface area contributed by atoms with Crippen molar-refractivity contribution in [3.8, 4) is 11.5 Å². The average Bonchev–Trinajstić information content (AvgIpc) is 3.02. The lowest BCUT2D eigenvalue weighted by atomic mass is 10.1. The zero-order valence-corrected chi connectivity index (χ0v) is 12.6. The number of Topliss-reactive ketones (excluding diaryl/α,β-unsaturated/α-hetero) is 1. The number of carbonyl (C=O) groups is 1. The average molecular weight is 315 g/mol. The van der Waals surface area contributed by atoms with E-state index >= 15 is 0 Å². The van der Waals surface area contributed by atoms with Crippen LogP contribution in [0.1, 0.15) is 21.7 Å². The summed E-state index contributed by atoms with van der Waals surface area (Å²) in [5, 5.41) is 4.00. The highest BCUT2D eigenvalue weighted by Gasteiger charge is 2.17. The second-order valence-corrected chi connectivity index (χ2v) is 5.25. The molecular formula is C16H14FN3O3. The van der Waals surface area contributed by atoms with Gasteiger partial charge in [-0.3, -0.25) is 4.79 Å². The zero-order chi connectivity index (χ0) is 16.6. The number of hydrogen-bond donors (Lipinski definition) is 1. The van der Waals surface area contributed by atoms with Gasteiger partial charge in [-0.25, -0.2) is 9.18 Å². The molecule has 0 aliphatic carbocycles. The van der Waals surface area contributed by atoms with E-state index < -0.39 is 11.6 Å². The quantitative estimate of drug-likeness (QED) is 0.750. The minimum Gasteiger partial charge on any atom is -0.388 e. The van der Waals surface area contributed by atoms with Gasteiger partial charge in [0.2, 0.25) is 5.89 Å². The Hall–Kier alpha value is -2.96. The molecule has 23 heavy (non-hydrogen) atoms. The molecule has 1 aromatic carbocycles. The molecule has 3 aromatic rings. The van der Waals surface area contributed by atoms with Crippen LogP contribution in [0.4, 0.5) is 4.39 Å². The highest BCUT2D eigenvalue weighted by atomic mass is 19.1. The van der Waals surface area contributed by atoms with Gasteiger partial charge in [-0.15, -0.1) is 5.10 Å². The van der Waals surface area contributed by atoms with Crippen LogP contribution in [0.2, 0.25) is 0 Å². The number of nitrogens with one attached hydrogen (secondary N) is 1. The van der Waals surface area contributed by atoms with Crippen LogP contribution in [-0.4, -0.2) is 20.5 Å². The molecule has 0 aliphatic heterocycles. The third kappa shape index (κ3) is 2.98. The Morgan fingerprint density at radius 1 is 1.30 bits per heavy atom. The maximum atomic E-state index is 12.9. The Morgan fingerprint density at radius 3 is 2.61 bits per heavy atom. The maximum Gasteiger partial charge on any atom is 0.437 e. The van der Waals surface area contributed by atoms with Crippen molar-refractivity contribution in [3.63, 3.8) is 0 Å². The van der Waals surface area contributed by atoms with Gasteiger partial charge in [0.15, 0.2) is 5.78 Å². The summed E-state index contributed by atoms with van der Waals surface area (Å²) in [6.45, 7) is 3.41. The Bertz CT molecular complexity index is 919. The lowest BCUT2D eigenvalue weighted by Crippen LogP contribution is -2.21. The van der Waals surface area contributed by atoms with E-state index in [0.29, 0.717) is 11.1 Å². The maximum absolute atomic E-state index is 12.9. The Kier molecular flexibility index (Phi) is 3.69. The molecule has 3 rings (SSSR count). The summed E-state index contributed by atoms with van der Waals surface area (Å²) < 4.78 is 18.9. The van der Waals surface area contributed by atoms with Crippen LogP contribution in [0.5, 0.6) is 0 Å². The summed E-state index contributed by atoms with van der Waals surface area (Å²) in [5.41, 5.74) is 2.58. The number of rotatable bonds is 4. The molecule has 0 saturated heterocycles. The SMILES string of the molecule is Cc1cc(C(=O)Cn2nc(-c3ccc(F)cc3)oc2=O)c(C)[nH]1. The van der Waals surface area contributed by atoms with Crippen molar-refractivity contribution in [2.45, 2.75) is 20.4 Å². The first-order chi connectivity index (χ1) is 10.9. The largest absolute Gasteiger partial charge is 0.437 e. The smallest absolute Gasteiger partial charge is 0.388 e. The molecule has 2 heterocycles. The van der Waals surface area contributed by atoms with Crippen LogP contribution in [0.25, 0.3) is 11.5 Å². The molecule has 0 bridgehead atoms. The van der Waals surface area contributed by atoms with Crippen molar-refractivity contribution < 1.29 is 13.6 Å². The van der Waals surface area contributed by atoms with Gasteiger partial charge in [0.1, 0.15) is 12.4 Å². The molecule has 0 amide bonds. The number of aryl methyl sites for hydroxylation is 2. The van der Waals surface area contributed by atoms with Crippen molar-refractivity contribution in [1.82, 2.24) is 14.8 Å². The second-order valence-electron chi connectivity index (χ2n) is 5.25. The highest BCUT2D eigenvalue weighted by Crippen LogP contribution is 2.16. The molecule has 1 N–H and O–H groups in total. The molecular weight excluding hydrogens is 301 g/mol. The third-order valence-electron chi connectivity index (χ3n) is 3.44. The van der Waals surface area contributed by atoms with Crippen molar-refractivity contribution in [3.05, 3.63) is 63.7 Å². The number of aromatic nitrogens is 3. The van der Waals surface area contributed by atoms with Gasteiger partial charge in [-0.1, -0.05) is 0 Å². The Labute approximate surface area is 130 Å². The molecule has 0 unspecified atom stereocenters. The normalized spacial score (nSPS) is 10.9. The number of nitrogens with zero attached hydrogens (tertiary/aromatic N) is 2. The third-order valence-corrected chi connectivity index (χ3v) is 3.44. The van der Waals surface area contributed by atoms with E-state index in [1.54, 1.807) is 13.0 Å². The van der Waals surface area contributed by atoms with E-state index in [0.717, 1.165) is 16.1 Å². The zero-order valence-electron chi connectivity index (χ0n) is 12.6. The number of halogens is 1. The lowest BCUT2D eigenvalue weighted by Gasteiger charge is -1.98. The standard InChI is InChI=1S/C16H14FN3O3/c1-9-7-13(10(2)18-9)14(21)8-20-16(22)23-15(19-20)11-3-5-12(17)6-4-11/h3-7,18H,8H2,1-2H3. The van der Waals surface area contributed by atoms with Crippen LogP contribution in [0, 0.1) is 19.7 Å². The fourth-order valence-corrected chi connectivity index (χ4v) is 2.35. The number of aromatic amines is 1. The van der Waals surface area contributed by atoms with Gasteiger partial charge in [0, 0.05) is 22.5 Å². The summed E-state index contributed by atoms with van der Waals surface area (Å²) in [6, 6.07) is 7.11. The summed E-state index contributed by atoms with van der Waals surface area (Å²) in [5.74, 6) is -1.33. The van der Waals surface area contributed by atoms with Crippen molar-refractivity contribution in [1.29, 1.82) is 0 Å². The Balaban J connectivity index is 1.87. The second kappa shape index (κ2) is 5.68. The van der Waals surface area contributed by atoms with Crippen molar-refractivity contribution >= 4 is 5.78 Å². The number of H-pyrrole nitrogens is 1. The molecule has 6 nitrogen and oxygen atoms in total. The monoisotopic (exact) mass is 315 g/mol. The molecule has 0 aliphatic rings. The molecule has 2 aromatic heterocycles. The van der Waals surface area contributed by atoms with E-state index in [2.05, 4.69) is 10.1 Å². The van der Waals surface area contributed by atoms with E-state index in [1.165, 1.54) is 24.3 Å². The fourth-order valence-electron chi connectivity index (χ4n) is 2.35. The minimum atomic E-state index is -0.734. The topological polar surface area (TPSA) is 80.9 Å². The molecule has 118 valence electrons. The van der Waals surface area contributed by atoms with E-state index in [4.69, 9.17) is 4.42 Å². The lowest BCUT2D eigenvalue weighted by molar-refractivity contribution is 0.0964. The number of benzene rings is 1. The van der Waals surface area contributed by atoms with Gasteiger partial charge in [-0.05, 0) is 44.2 Å². The number of ketones is 1. The molecule has 0 saturated carbocycles. The van der Waals surface area contributed by atoms with E-state index in [9.17, 15) is 14.0 Å². The molecule has 0 radical (unpaired) electrons. The summed E-state index contributed by atoms with van der Waals surface area (Å²) in [7, 11) is 0. The fraction of sp³-hybridized carbons (Fsp3) is 0.188. The predicted octanol–water partition coefficient (Wildman–Crippen LogP) is 2.47. The minimum absolute atomic E-state index is 0.0461. The first kappa shape index (κ1) is 15.0. The molecule has 0 spiro atoms. The predicted molar refractivity (Wildman–Crippen MR) is 80.8 cm³/mol. The Morgan fingerprint density at radius 2 is 2.00 bits per heavy atom. The summed E-state index contributed by atoms with van der Waals surface area (Å²) in [6.07, 6.45) is 0. The van der Waals surface area contributed by atoms with Crippen LogP contribution in [0.3, 0.4) is 0 Å². The molecule has 0 atom stereocenters. The van der Waals surface area contributed by atoms with Gasteiger partial charge in [-0.2, -0.15) is 4.68 Å². The highest BCUT2D eigenvalue weighted by molar-refractivity contribution is 5.97. The van der Waals surface area contributed by atoms with Crippen LogP contribution >= 0.6 is 0 Å². The van der Waals surface area contributed by atoms with Crippen LogP contribution in [0.15, 0.2) is 39.5 Å². The van der Waals surface area contributed by atoms with E-state index in [1.807, 2.05) is 6.92 Å².